The summed E-state index contributed by atoms with van der Waals surface area (Å²) in [7, 11) is -4.03. The number of aliphatic hydroxyl groups is 1. The molecular formula is C15H12F2N2O3S. The summed E-state index contributed by atoms with van der Waals surface area (Å²) in [6.45, 7) is -0.614. The van der Waals surface area contributed by atoms with Gasteiger partial charge in [0.15, 0.2) is 0 Å². The summed E-state index contributed by atoms with van der Waals surface area (Å²) in [5, 5.41) is 18.6. The SMILES string of the molecule is N#Cc1cccc(S(=O)(=O)NCC(O)c2c(F)cccc2F)c1. The number of rotatable bonds is 5. The van der Waals surface area contributed by atoms with Gasteiger partial charge in [0, 0.05) is 6.54 Å². The summed E-state index contributed by atoms with van der Waals surface area (Å²) < 4.78 is 53.3. The van der Waals surface area contributed by atoms with Crippen LogP contribution in [0.2, 0.25) is 0 Å². The van der Waals surface area contributed by atoms with Crippen LogP contribution in [-0.4, -0.2) is 20.1 Å². The van der Waals surface area contributed by atoms with Crippen molar-refractivity contribution in [3.8, 4) is 6.07 Å². The van der Waals surface area contributed by atoms with E-state index in [1.807, 2.05) is 0 Å². The topological polar surface area (TPSA) is 90.2 Å². The van der Waals surface area contributed by atoms with E-state index in [2.05, 4.69) is 4.72 Å². The zero-order chi connectivity index (χ0) is 17.0. The maximum Gasteiger partial charge on any atom is 0.240 e. The van der Waals surface area contributed by atoms with Crippen LogP contribution < -0.4 is 4.72 Å². The van der Waals surface area contributed by atoms with Gasteiger partial charge in [0.25, 0.3) is 0 Å². The Morgan fingerprint density at radius 2 is 1.78 bits per heavy atom. The van der Waals surface area contributed by atoms with Gasteiger partial charge in [-0.15, -0.1) is 0 Å². The second-order valence-electron chi connectivity index (χ2n) is 4.64. The largest absolute Gasteiger partial charge is 0.387 e. The van der Waals surface area contributed by atoms with Gasteiger partial charge in [0.2, 0.25) is 10.0 Å². The minimum Gasteiger partial charge on any atom is -0.387 e. The van der Waals surface area contributed by atoms with Crippen LogP contribution in [-0.2, 0) is 10.0 Å². The molecule has 0 spiro atoms. The number of nitriles is 1. The fourth-order valence-corrected chi connectivity index (χ4v) is 3.02. The Labute approximate surface area is 131 Å². The molecule has 0 aliphatic carbocycles. The van der Waals surface area contributed by atoms with Crippen molar-refractivity contribution < 1.29 is 22.3 Å². The van der Waals surface area contributed by atoms with Gasteiger partial charge in [0.1, 0.15) is 11.6 Å². The average Bonchev–Trinajstić information content (AvgIpc) is 2.53. The lowest BCUT2D eigenvalue weighted by atomic mass is 10.1. The van der Waals surface area contributed by atoms with Crippen molar-refractivity contribution in [2.75, 3.05) is 6.54 Å². The number of sulfonamides is 1. The predicted molar refractivity (Wildman–Crippen MR) is 77.7 cm³/mol. The van der Waals surface area contributed by atoms with Crippen LogP contribution in [0.3, 0.4) is 0 Å². The Morgan fingerprint density at radius 3 is 2.39 bits per heavy atom. The summed E-state index contributed by atoms with van der Waals surface area (Å²) in [6.07, 6.45) is -1.69. The van der Waals surface area contributed by atoms with Crippen molar-refractivity contribution in [1.82, 2.24) is 4.72 Å². The van der Waals surface area contributed by atoms with Crippen LogP contribution in [0.1, 0.15) is 17.2 Å². The van der Waals surface area contributed by atoms with Gasteiger partial charge in [-0.3, -0.25) is 0 Å². The average molecular weight is 338 g/mol. The quantitative estimate of drug-likeness (QED) is 0.870. The molecule has 1 atom stereocenters. The van der Waals surface area contributed by atoms with E-state index < -0.39 is 39.9 Å². The monoisotopic (exact) mass is 338 g/mol. The van der Waals surface area contributed by atoms with Crippen LogP contribution in [0.15, 0.2) is 47.4 Å². The lowest BCUT2D eigenvalue weighted by molar-refractivity contribution is 0.172. The highest BCUT2D eigenvalue weighted by Crippen LogP contribution is 2.20. The summed E-state index contributed by atoms with van der Waals surface area (Å²) in [4.78, 5) is -0.183. The van der Waals surface area contributed by atoms with E-state index in [0.717, 1.165) is 24.3 Å². The van der Waals surface area contributed by atoms with Crippen molar-refractivity contribution >= 4 is 10.0 Å². The Bertz CT molecular complexity index is 843. The molecule has 0 aliphatic rings. The van der Waals surface area contributed by atoms with Crippen LogP contribution >= 0.6 is 0 Å². The van der Waals surface area contributed by atoms with E-state index in [1.165, 1.54) is 18.2 Å². The zero-order valence-corrected chi connectivity index (χ0v) is 12.5. The molecular weight excluding hydrogens is 326 g/mol. The number of aliphatic hydroxyl groups excluding tert-OH is 1. The smallest absolute Gasteiger partial charge is 0.240 e. The highest BCUT2D eigenvalue weighted by atomic mass is 32.2. The highest BCUT2D eigenvalue weighted by Gasteiger charge is 2.21. The van der Waals surface area contributed by atoms with E-state index in [-0.39, 0.29) is 10.5 Å². The molecule has 0 saturated heterocycles. The molecule has 0 bridgehead atoms. The number of hydrogen-bond donors (Lipinski definition) is 2. The molecule has 0 heterocycles. The molecule has 8 heteroatoms. The maximum atomic E-state index is 13.5. The lowest BCUT2D eigenvalue weighted by Gasteiger charge is -2.14. The Balaban J connectivity index is 2.17. The Hall–Kier alpha value is -2.34. The molecule has 0 fully saturated rings. The maximum absolute atomic E-state index is 13.5. The summed E-state index contributed by atoms with van der Waals surface area (Å²) >= 11 is 0. The Kier molecular flexibility index (Phi) is 5.05. The third-order valence-corrected chi connectivity index (χ3v) is 4.49. The number of nitrogens with one attached hydrogen (secondary N) is 1. The minimum atomic E-state index is -4.03. The molecule has 5 nitrogen and oxygen atoms in total. The molecule has 23 heavy (non-hydrogen) atoms. The van der Waals surface area contributed by atoms with Gasteiger partial charge >= 0.3 is 0 Å². The zero-order valence-electron chi connectivity index (χ0n) is 11.7. The third-order valence-electron chi connectivity index (χ3n) is 3.07. The molecule has 0 saturated carbocycles. The lowest BCUT2D eigenvalue weighted by Crippen LogP contribution is -2.29. The van der Waals surface area contributed by atoms with E-state index in [1.54, 1.807) is 6.07 Å². The van der Waals surface area contributed by atoms with Gasteiger partial charge in [-0.25, -0.2) is 21.9 Å². The van der Waals surface area contributed by atoms with Gasteiger partial charge in [-0.05, 0) is 30.3 Å². The van der Waals surface area contributed by atoms with Crippen LogP contribution in [0, 0.1) is 23.0 Å². The first kappa shape index (κ1) is 17.0. The number of hydrogen-bond acceptors (Lipinski definition) is 4. The second kappa shape index (κ2) is 6.83. The molecule has 0 aliphatic heterocycles. The van der Waals surface area contributed by atoms with Gasteiger partial charge in [-0.2, -0.15) is 5.26 Å². The van der Waals surface area contributed by atoms with Gasteiger partial charge < -0.3 is 5.11 Å². The van der Waals surface area contributed by atoms with E-state index in [9.17, 15) is 22.3 Å². The number of halogens is 2. The highest BCUT2D eigenvalue weighted by molar-refractivity contribution is 7.89. The molecule has 2 aromatic rings. The third kappa shape index (κ3) is 3.90. The van der Waals surface area contributed by atoms with E-state index >= 15 is 0 Å². The first-order valence-corrected chi connectivity index (χ1v) is 7.95. The number of benzene rings is 2. The predicted octanol–water partition coefficient (Wildman–Crippen LogP) is 1.85. The van der Waals surface area contributed by atoms with E-state index in [0.29, 0.717) is 0 Å². The van der Waals surface area contributed by atoms with Crippen molar-refractivity contribution in [2.45, 2.75) is 11.0 Å². The first-order valence-electron chi connectivity index (χ1n) is 6.47. The van der Waals surface area contributed by atoms with Crippen LogP contribution in [0.25, 0.3) is 0 Å². The van der Waals surface area contributed by atoms with Crippen molar-refractivity contribution in [1.29, 1.82) is 5.26 Å². The van der Waals surface area contributed by atoms with Gasteiger partial charge in [0.05, 0.1) is 28.2 Å². The van der Waals surface area contributed by atoms with Crippen molar-refractivity contribution in [2.24, 2.45) is 0 Å². The molecule has 2 N–H and O–H groups in total. The van der Waals surface area contributed by atoms with Crippen LogP contribution in [0.5, 0.6) is 0 Å². The molecule has 2 aromatic carbocycles. The summed E-state index contributed by atoms with van der Waals surface area (Å²) in [6, 6.07) is 10.1. The van der Waals surface area contributed by atoms with Crippen molar-refractivity contribution in [3.63, 3.8) is 0 Å². The molecule has 2 rings (SSSR count). The van der Waals surface area contributed by atoms with Crippen LogP contribution in [0.4, 0.5) is 8.78 Å². The minimum absolute atomic E-state index is 0.147. The van der Waals surface area contributed by atoms with Gasteiger partial charge in [-0.1, -0.05) is 12.1 Å². The molecule has 120 valence electrons. The Morgan fingerprint density at radius 1 is 1.17 bits per heavy atom. The molecule has 0 radical (unpaired) electrons. The molecule has 1 unspecified atom stereocenters. The second-order valence-corrected chi connectivity index (χ2v) is 6.41. The standard InChI is InChI=1S/C15H12F2N2O3S/c16-12-5-2-6-13(17)15(12)14(20)9-19-23(21,22)11-4-1-3-10(7-11)8-18/h1-7,14,19-20H,9H2. The summed E-state index contributed by atoms with van der Waals surface area (Å²) in [5.74, 6) is -1.94. The van der Waals surface area contributed by atoms with E-state index in [4.69, 9.17) is 5.26 Å². The fourth-order valence-electron chi connectivity index (χ4n) is 1.94. The molecule has 0 amide bonds. The summed E-state index contributed by atoms with van der Waals surface area (Å²) in [5.41, 5.74) is -0.463. The number of nitrogens with zero attached hydrogens (tertiary/aromatic N) is 1. The van der Waals surface area contributed by atoms with Crippen molar-refractivity contribution in [3.05, 3.63) is 65.2 Å². The molecule has 0 aromatic heterocycles. The fraction of sp³-hybridized carbons (Fsp3) is 0.133. The normalized spacial score (nSPS) is 12.6. The first-order chi connectivity index (χ1) is 10.8.